The van der Waals surface area contributed by atoms with E-state index in [0.29, 0.717) is 0 Å². The molecule has 1 atom stereocenters. The molecule has 3 aromatic heterocycles. The number of carbonyl (C=O) groups is 1. The maximum Gasteiger partial charge on any atom is 0.231 e. The lowest BCUT2D eigenvalue weighted by Crippen LogP contribution is -2.19. The van der Waals surface area contributed by atoms with E-state index < -0.39 is 0 Å². The summed E-state index contributed by atoms with van der Waals surface area (Å²) in [6, 6.07) is 7.75. The predicted octanol–water partition coefficient (Wildman–Crippen LogP) is 3.55. The van der Waals surface area contributed by atoms with Gasteiger partial charge >= 0.3 is 0 Å². The standard InChI is InChI=1S/C17H19N5OS/c1-3-12(2)22-15(7-9-19-22)21-16(23)10-13-11-24-17(20-13)14-6-4-5-8-18-14/h4-9,11-12H,3,10H2,1-2H3,(H,21,23). The molecular formula is C17H19N5OS. The first-order valence-electron chi connectivity index (χ1n) is 7.86. The second-order valence-electron chi connectivity index (χ2n) is 5.50. The first-order chi connectivity index (χ1) is 11.7. The van der Waals surface area contributed by atoms with E-state index in [1.165, 1.54) is 11.3 Å². The van der Waals surface area contributed by atoms with Crippen LogP contribution in [0, 0.1) is 0 Å². The summed E-state index contributed by atoms with van der Waals surface area (Å²) in [5.41, 5.74) is 1.57. The number of hydrogen-bond donors (Lipinski definition) is 1. The Bertz CT molecular complexity index is 811. The summed E-state index contributed by atoms with van der Waals surface area (Å²) in [5.74, 6) is 0.618. The van der Waals surface area contributed by atoms with Gasteiger partial charge in [0.1, 0.15) is 10.8 Å². The number of amides is 1. The van der Waals surface area contributed by atoms with Crippen molar-refractivity contribution in [2.75, 3.05) is 5.32 Å². The molecule has 0 saturated carbocycles. The average molecular weight is 341 g/mol. The molecule has 0 saturated heterocycles. The Balaban J connectivity index is 1.66. The van der Waals surface area contributed by atoms with Crippen LogP contribution in [0.5, 0.6) is 0 Å². The van der Waals surface area contributed by atoms with Crippen molar-refractivity contribution in [3.8, 4) is 10.7 Å². The lowest BCUT2D eigenvalue weighted by Gasteiger charge is -2.13. The highest BCUT2D eigenvalue weighted by atomic mass is 32.1. The molecule has 24 heavy (non-hydrogen) atoms. The highest BCUT2D eigenvalue weighted by Gasteiger charge is 2.13. The minimum absolute atomic E-state index is 0.0991. The van der Waals surface area contributed by atoms with Crippen molar-refractivity contribution in [3.05, 3.63) is 47.7 Å². The lowest BCUT2D eigenvalue weighted by molar-refractivity contribution is -0.115. The van der Waals surface area contributed by atoms with Gasteiger partial charge in [0.05, 0.1) is 30.0 Å². The zero-order valence-corrected chi connectivity index (χ0v) is 14.5. The minimum Gasteiger partial charge on any atom is -0.311 e. The number of rotatable bonds is 6. The fourth-order valence-electron chi connectivity index (χ4n) is 2.28. The molecule has 0 spiro atoms. The second kappa shape index (κ2) is 7.35. The molecule has 0 aromatic carbocycles. The topological polar surface area (TPSA) is 72.7 Å². The van der Waals surface area contributed by atoms with Crippen LogP contribution in [0.2, 0.25) is 0 Å². The summed E-state index contributed by atoms with van der Waals surface area (Å²) >= 11 is 1.49. The Morgan fingerprint density at radius 2 is 2.21 bits per heavy atom. The number of hydrogen-bond acceptors (Lipinski definition) is 5. The van der Waals surface area contributed by atoms with Crippen LogP contribution >= 0.6 is 11.3 Å². The number of nitrogens with one attached hydrogen (secondary N) is 1. The number of thiazole rings is 1. The van der Waals surface area contributed by atoms with Crippen molar-refractivity contribution >= 4 is 23.1 Å². The molecule has 1 amide bonds. The molecule has 0 aliphatic rings. The molecule has 0 aliphatic carbocycles. The number of nitrogens with zero attached hydrogens (tertiary/aromatic N) is 4. The van der Waals surface area contributed by atoms with E-state index in [4.69, 9.17) is 0 Å². The van der Waals surface area contributed by atoms with Gasteiger partial charge in [0, 0.05) is 17.6 Å². The third-order valence-corrected chi connectivity index (χ3v) is 4.64. The van der Waals surface area contributed by atoms with Gasteiger partial charge in [-0.1, -0.05) is 13.0 Å². The van der Waals surface area contributed by atoms with Gasteiger partial charge in [-0.15, -0.1) is 11.3 Å². The van der Waals surface area contributed by atoms with Crippen LogP contribution in [-0.4, -0.2) is 25.7 Å². The molecule has 6 nitrogen and oxygen atoms in total. The van der Waals surface area contributed by atoms with Crippen LogP contribution in [0.15, 0.2) is 42.0 Å². The summed E-state index contributed by atoms with van der Waals surface area (Å²) in [4.78, 5) is 21.1. The molecule has 1 N–H and O–H groups in total. The van der Waals surface area contributed by atoms with Crippen LogP contribution in [0.25, 0.3) is 10.7 Å². The largest absolute Gasteiger partial charge is 0.311 e. The molecule has 0 radical (unpaired) electrons. The smallest absolute Gasteiger partial charge is 0.231 e. The molecule has 7 heteroatoms. The molecular weight excluding hydrogens is 322 g/mol. The summed E-state index contributed by atoms with van der Waals surface area (Å²) in [6.45, 7) is 4.16. The molecule has 124 valence electrons. The number of anilines is 1. The predicted molar refractivity (Wildman–Crippen MR) is 94.9 cm³/mol. The van der Waals surface area contributed by atoms with Crippen molar-refractivity contribution in [2.45, 2.75) is 32.7 Å². The van der Waals surface area contributed by atoms with Gasteiger partial charge in [-0.25, -0.2) is 9.67 Å². The third kappa shape index (κ3) is 3.68. The SMILES string of the molecule is CCC(C)n1nccc1NC(=O)Cc1csc(-c2ccccn2)n1. The normalized spacial score (nSPS) is 12.1. The molecule has 3 heterocycles. The second-order valence-corrected chi connectivity index (χ2v) is 6.36. The van der Waals surface area contributed by atoms with E-state index in [1.54, 1.807) is 12.4 Å². The van der Waals surface area contributed by atoms with E-state index in [0.717, 1.165) is 28.6 Å². The van der Waals surface area contributed by atoms with E-state index in [1.807, 2.05) is 34.3 Å². The molecule has 3 aromatic rings. The fourth-order valence-corrected chi connectivity index (χ4v) is 3.08. The minimum atomic E-state index is -0.0991. The average Bonchev–Trinajstić information content (AvgIpc) is 3.24. The Kier molecular flexibility index (Phi) is 5.00. The summed E-state index contributed by atoms with van der Waals surface area (Å²) in [5, 5.41) is 9.91. The molecule has 3 rings (SSSR count). The summed E-state index contributed by atoms with van der Waals surface area (Å²) in [7, 11) is 0. The Morgan fingerprint density at radius 1 is 1.33 bits per heavy atom. The van der Waals surface area contributed by atoms with Crippen LogP contribution in [-0.2, 0) is 11.2 Å². The third-order valence-electron chi connectivity index (χ3n) is 3.72. The lowest BCUT2D eigenvalue weighted by atomic mass is 10.2. The summed E-state index contributed by atoms with van der Waals surface area (Å²) < 4.78 is 1.83. The van der Waals surface area contributed by atoms with Gasteiger partial charge in [0.15, 0.2) is 0 Å². The van der Waals surface area contributed by atoms with Crippen molar-refractivity contribution in [3.63, 3.8) is 0 Å². The van der Waals surface area contributed by atoms with Gasteiger partial charge in [0.25, 0.3) is 0 Å². The highest BCUT2D eigenvalue weighted by molar-refractivity contribution is 7.13. The Labute approximate surface area is 144 Å². The van der Waals surface area contributed by atoms with E-state index in [9.17, 15) is 4.79 Å². The quantitative estimate of drug-likeness (QED) is 0.744. The van der Waals surface area contributed by atoms with Crippen LogP contribution in [0.4, 0.5) is 5.82 Å². The maximum absolute atomic E-state index is 12.3. The van der Waals surface area contributed by atoms with Crippen molar-refractivity contribution < 1.29 is 4.79 Å². The van der Waals surface area contributed by atoms with E-state index >= 15 is 0 Å². The van der Waals surface area contributed by atoms with Gasteiger partial charge in [-0.05, 0) is 25.5 Å². The highest BCUT2D eigenvalue weighted by Crippen LogP contribution is 2.22. The van der Waals surface area contributed by atoms with Crippen molar-refractivity contribution in [1.82, 2.24) is 19.7 Å². The van der Waals surface area contributed by atoms with Crippen molar-refractivity contribution in [1.29, 1.82) is 0 Å². The van der Waals surface area contributed by atoms with Gasteiger partial charge in [-0.2, -0.15) is 5.10 Å². The van der Waals surface area contributed by atoms with E-state index in [-0.39, 0.29) is 18.4 Å². The molecule has 0 aliphatic heterocycles. The first kappa shape index (κ1) is 16.3. The molecule has 1 unspecified atom stereocenters. The zero-order chi connectivity index (χ0) is 16.9. The number of pyridine rings is 1. The fraction of sp³-hybridized carbons (Fsp3) is 0.294. The van der Waals surface area contributed by atoms with Crippen LogP contribution in [0.3, 0.4) is 0 Å². The van der Waals surface area contributed by atoms with Gasteiger partial charge in [-0.3, -0.25) is 9.78 Å². The Morgan fingerprint density at radius 3 is 2.96 bits per heavy atom. The first-order valence-corrected chi connectivity index (χ1v) is 8.74. The summed E-state index contributed by atoms with van der Waals surface area (Å²) in [6.07, 6.45) is 4.61. The number of carbonyl (C=O) groups excluding carboxylic acids is 1. The maximum atomic E-state index is 12.3. The van der Waals surface area contributed by atoms with Crippen LogP contribution in [0.1, 0.15) is 32.0 Å². The molecule has 0 bridgehead atoms. The number of aromatic nitrogens is 4. The Hall–Kier alpha value is -2.54. The van der Waals surface area contributed by atoms with Crippen LogP contribution < -0.4 is 5.32 Å². The van der Waals surface area contributed by atoms with Gasteiger partial charge in [0.2, 0.25) is 5.91 Å². The van der Waals surface area contributed by atoms with Crippen molar-refractivity contribution in [2.24, 2.45) is 0 Å². The zero-order valence-electron chi connectivity index (χ0n) is 13.6. The monoisotopic (exact) mass is 341 g/mol. The van der Waals surface area contributed by atoms with Gasteiger partial charge < -0.3 is 5.32 Å². The molecule has 0 fully saturated rings. The van der Waals surface area contributed by atoms with E-state index in [2.05, 4.69) is 34.2 Å².